The first-order chi connectivity index (χ1) is 10.3. The van der Waals surface area contributed by atoms with E-state index in [-0.39, 0.29) is 5.97 Å². The van der Waals surface area contributed by atoms with Crippen molar-refractivity contribution in [2.45, 2.75) is 32.6 Å². The summed E-state index contributed by atoms with van der Waals surface area (Å²) in [7, 11) is 1.89. The third-order valence-electron chi connectivity index (χ3n) is 2.72. The fourth-order valence-corrected chi connectivity index (χ4v) is 1.52. The highest BCUT2D eigenvalue weighted by atomic mass is 16.6. The molecule has 0 aromatic rings. The van der Waals surface area contributed by atoms with Gasteiger partial charge in [-0.05, 0) is 13.5 Å². The van der Waals surface area contributed by atoms with Gasteiger partial charge in [-0.15, -0.1) is 0 Å². The van der Waals surface area contributed by atoms with Crippen LogP contribution in [0.2, 0.25) is 0 Å². The van der Waals surface area contributed by atoms with Crippen LogP contribution in [-0.2, 0) is 23.7 Å². The van der Waals surface area contributed by atoms with E-state index in [1.54, 1.807) is 0 Å². The Labute approximate surface area is 128 Å². The van der Waals surface area contributed by atoms with Crippen molar-refractivity contribution in [3.05, 3.63) is 0 Å². The maximum absolute atomic E-state index is 11.3. The highest BCUT2D eigenvalue weighted by Crippen LogP contribution is 2.00. The zero-order valence-electron chi connectivity index (χ0n) is 13.5. The molecule has 6 nitrogen and oxygen atoms in total. The van der Waals surface area contributed by atoms with E-state index in [2.05, 4.69) is 12.2 Å². The van der Waals surface area contributed by atoms with Crippen LogP contribution in [0.1, 0.15) is 32.6 Å². The second kappa shape index (κ2) is 17.4. The zero-order chi connectivity index (χ0) is 15.6. The Morgan fingerprint density at radius 2 is 1.43 bits per heavy atom. The Morgan fingerprint density at radius 1 is 0.857 bits per heavy atom. The van der Waals surface area contributed by atoms with Gasteiger partial charge in [0.15, 0.2) is 0 Å². The van der Waals surface area contributed by atoms with Gasteiger partial charge in [-0.1, -0.05) is 19.8 Å². The Kier molecular flexibility index (Phi) is 16.8. The van der Waals surface area contributed by atoms with E-state index in [0.717, 1.165) is 25.8 Å². The summed E-state index contributed by atoms with van der Waals surface area (Å²) in [5.41, 5.74) is 0. The molecule has 0 atom stereocenters. The largest absolute Gasteiger partial charge is 0.463 e. The Morgan fingerprint density at radius 3 is 2.00 bits per heavy atom. The van der Waals surface area contributed by atoms with E-state index in [4.69, 9.17) is 18.9 Å². The van der Waals surface area contributed by atoms with E-state index >= 15 is 0 Å². The normalized spacial score (nSPS) is 10.8. The van der Waals surface area contributed by atoms with Gasteiger partial charge in [0, 0.05) is 13.0 Å². The van der Waals surface area contributed by atoms with Crippen LogP contribution >= 0.6 is 0 Å². The molecule has 0 aromatic carbocycles. The van der Waals surface area contributed by atoms with Crippen LogP contribution in [0.25, 0.3) is 0 Å². The van der Waals surface area contributed by atoms with Crippen molar-refractivity contribution in [1.82, 2.24) is 5.32 Å². The molecule has 0 aliphatic carbocycles. The van der Waals surface area contributed by atoms with Crippen LogP contribution in [0.5, 0.6) is 0 Å². The van der Waals surface area contributed by atoms with Gasteiger partial charge >= 0.3 is 5.97 Å². The molecular weight excluding hydrogens is 274 g/mol. The third kappa shape index (κ3) is 17.3. The van der Waals surface area contributed by atoms with Gasteiger partial charge in [0.2, 0.25) is 0 Å². The molecule has 0 aliphatic heterocycles. The van der Waals surface area contributed by atoms with Crippen LogP contribution in [0, 0.1) is 0 Å². The number of carbonyl (C=O) groups is 1. The Bertz CT molecular complexity index is 226. The minimum absolute atomic E-state index is 0.137. The van der Waals surface area contributed by atoms with E-state index in [1.807, 2.05) is 7.05 Å². The summed E-state index contributed by atoms with van der Waals surface area (Å²) >= 11 is 0. The van der Waals surface area contributed by atoms with E-state index in [9.17, 15) is 4.79 Å². The minimum atomic E-state index is -0.137. The number of hydrogen-bond acceptors (Lipinski definition) is 6. The molecule has 0 aliphatic rings. The lowest BCUT2D eigenvalue weighted by Crippen LogP contribution is -2.17. The summed E-state index contributed by atoms with van der Waals surface area (Å²) in [6.07, 6.45) is 3.59. The Hall–Kier alpha value is -0.690. The van der Waals surface area contributed by atoms with Crippen LogP contribution in [0.3, 0.4) is 0 Å². The predicted molar refractivity (Wildman–Crippen MR) is 81.5 cm³/mol. The first-order valence-corrected chi connectivity index (χ1v) is 7.84. The first kappa shape index (κ1) is 20.3. The van der Waals surface area contributed by atoms with Gasteiger partial charge < -0.3 is 24.3 Å². The molecule has 21 heavy (non-hydrogen) atoms. The molecule has 0 bridgehead atoms. The number of rotatable bonds is 16. The summed E-state index contributed by atoms with van der Waals surface area (Å²) in [5, 5.41) is 3.00. The molecule has 0 rings (SSSR count). The van der Waals surface area contributed by atoms with Gasteiger partial charge in [0.25, 0.3) is 0 Å². The number of ether oxygens (including phenoxy) is 4. The van der Waals surface area contributed by atoms with Gasteiger partial charge in [0.1, 0.15) is 6.61 Å². The van der Waals surface area contributed by atoms with Crippen molar-refractivity contribution in [2.24, 2.45) is 0 Å². The van der Waals surface area contributed by atoms with E-state index in [1.165, 1.54) is 0 Å². The topological polar surface area (TPSA) is 66.0 Å². The number of esters is 1. The zero-order valence-corrected chi connectivity index (χ0v) is 13.5. The summed E-state index contributed by atoms with van der Waals surface area (Å²) in [6, 6.07) is 0. The smallest absolute Gasteiger partial charge is 0.305 e. The fraction of sp³-hybridized carbons (Fsp3) is 0.933. The molecule has 0 spiro atoms. The third-order valence-corrected chi connectivity index (χ3v) is 2.72. The SMILES string of the molecule is CCCCCC(=O)OCCOCCOCCOCCNC. The standard InChI is InChI=1S/C15H31NO5/c1-3-4-5-6-15(17)21-14-13-20-12-11-19-10-9-18-8-7-16-2/h16H,3-14H2,1-2H3. The molecule has 0 aromatic heterocycles. The van der Waals surface area contributed by atoms with E-state index in [0.29, 0.717) is 52.7 Å². The maximum Gasteiger partial charge on any atom is 0.305 e. The summed E-state index contributed by atoms with van der Waals surface area (Å²) in [4.78, 5) is 11.3. The van der Waals surface area contributed by atoms with Crippen LogP contribution in [0.4, 0.5) is 0 Å². The summed E-state index contributed by atoms with van der Waals surface area (Å²) in [6.45, 7) is 6.58. The predicted octanol–water partition coefficient (Wildman–Crippen LogP) is 1.38. The van der Waals surface area contributed by atoms with E-state index < -0.39 is 0 Å². The molecule has 0 saturated heterocycles. The number of nitrogens with one attached hydrogen (secondary N) is 1. The molecule has 1 N–H and O–H groups in total. The molecule has 0 amide bonds. The van der Waals surface area contributed by atoms with Crippen molar-refractivity contribution >= 4 is 5.97 Å². The summed E-state index contributed by atoms with van der Waals surface area (Å²) < 4.78 is 21.0. The number of carbonyl (C=O) groups excluding carboxylic acids is 1. The second-order valence-electron chi connectivity index (χ2n) is 4.62. The highest BCUT2D eigenvalue weighted by molar-refractivity contribution is 5.69. The molecule has 0 saturated carbocycles. The van der Waals surface area contributed by atoms with Gasteiger partial charge in [-0.3, -0.25) is 4.79 Å². The Balaban J connectivity index is 3.06. The van der Waals surface area contributed by atoms with Crippen molar-refractivity contribution < 1.29 is 23.7 Å². The van der Waals surface area contributed by atoms with Gasteiger partial charge in [-0.2, -0.15) is 0 Å². The van der Waals surface area contributed by atoms with Crippen molar-refractivity contribution in [3.8, 4) is 0 Å². The van der Waals surface area contributed by atoms with Crippen molar-refractivity contribution in [2.75, 3.05) is 59.8 Å². The average Bonchev–Trinajstić information content (AvgIpc) is 2.48. The molecule has 126 valence electrons. The molecular formula is C15H31NO5. The maximum atomic E-state index is 11.3. The highest BCUT2D eigenvalue weighted by Gasteiger charge is 2.01. The van der Waals surface area contributed by atoms with Crippen molar-refractivity contribution in [1.29, 1.82) is 0 Å². The van der Waals surface area contributed by atoms with Gasteiger partial charge in [-0.25, -0.2) is 0 Å². The lowest BCUT2D eigenvalue weighted by Gasteiger charge is -2.07. The lowest BCUT2D eigenvalue weighted by molar-refractivity contribution is -0.145. The van der Waals surface area contributed by atoms with Gasteiger partial charge in [0.05, 0.1) is 39.6 Å². The fourth-order valence-electron chi connectivity index (χ4n) is 1.52. The van der Waals surface area contributed by atoms with Crippen LogP contribution in [0.15, 0.2) is 0 Å². The first-order valence-electron chi connectivity index (χ1n) is 7.84. The summed E-state index contributed by atoms with van der Waals surface area (Å²) in [5.74, 6) is -0.137. The molecule has 0 radical (unpaired) electrons. The molecule has 0 unspecified atom stereocenters. The number of hydrogen-bond donors (Lipinski definition) is 1. The minimum Gasteiger partial charge on any atom is -0.463 e. The molecule has 0 heterocycles. The van der Waals surface area contributed by atoms with Crippen LogP contribution in [-0.4, -0.2) is 65.8 Å². The quantitative estimate of drug-likeness (QED) is 0.343. The number of unbranched alkanes of at least 4 members (excludes halogenated alkanes) is 2. The van der Waals surface area contributed by atoms with Crippen molar-refractivity contribution in [3.63, 3.8) is 0 Å². The molecule has 6 heteroatoms. The number of likely N-dealkylation sites (N-methyl/N-ethyl adjacent to an activating group) is 1. The second-order valence-corrected chi connectivity index (χ2v) is 4.62. The molecule has 0 fully saturated rings. The average molecular weight is 305 g/mol. The lowest BCUT2D eigenvalue weighted by atomic mass is 10.2. The monoisotopic (exact) mass is 305 g/mol. The van der Waals surface area contributed by atoms with Crippen LogP contribution < -0.4 is 5.32 Å².